The van der Waals surface area contributed by atoms with Gasteiger partial charge in [-0.2, -0.15) is 9.40 Å². The summed E-state index contributed by atoms with van der Waals surface area (Å²) in [5.74, 6) is 1.39. The zero-order valence-electron chi connectivity index (χ0n) is 17.7. The number of H-pyrrole nitrogens is 1. The average Bonchev–Trinajstić information content (AvgIpc) is 3.55. The predicted octanol–water partition coefficient (Wildman–Crippen LogP) is 2.42. The van der Waals surface area contributed by atoms with Crippen molar-refractivity contribution >= 4 is 26.7 Å². The molecule has 0 radical (unpaired) electrons. The van der Waals surface area contributed by atoms with Gasteiger partial charge in [0.2, 0.25) is 15.9 Å². The van der Waals surface area contributed by atoms with Crippen LogP contribution in [0.2, 0.25) is 0 Å². The highest BCUT2D eigenvalue weighted by atomic mass is 32.2. The molecule has 1 saturated heterocycles. The van der Waals surface area contributed by atoms with Gasteiger partial charge in [0.1, 0.15) is 11.5 Å². The van der Waals surface area contributed by atoms with Crippen LogP contribution in [0.25, 0.3) is 22.2 Å². The van der Waals surface area contributed by atoms with Crippen molar-refractivity contribution in [2.75, 3.05) is 31.1 Å². The molecule has 2 fully saturated rings. The molecule has 0 amide bonds. The standard InChI is InChI=1S/C21H26N6O3S/c1-14(2)30-20-12-17-18(13-23-20)24-25-21(17)15-5-6-22-19(11-15)26-7-9-27(10-8-26)31(28,29)16-3-4-16/h5-6,11-14,16H,3-4,7-10H2,1-2H3,(H,24,25). The molecule has 0 atom stereocenters. The molecule has 0 unspecified atom stereocenters. The van der Waals surface area contributed by atoms with Crippen molar-refractivity contribution in [2.45, 2.75) is 38.0 Å². The van der Waals surface area contributed by atoms with E-state index in [1.807, 2.05) is 32.0 Å². The quantitative estimate of drug-likeness (QED) is 0.625. The molecule has 3 aromatic heterocycles. The molecule has 1 aliphatic heterocycles. The molecule has 10 heteroatoms. The summed E-state index contributed by atoms with van der Waals surface area (Å²) >= 11 is 0. The number of hydrogen-bond acceptors (Lipinski definition) is 7. The van der Waals surface area contributed by atoms with Crippen LogP contribution in [-0.4, -0.2) is 70.4 Å². The Hall–Kier alpha value is -2.72. The summed E-state index contributed by atoms with van der Waals surface area (Å²) in [7, 11) is -3.12. The van der Waals surface area contributed by atoms with Gasteiger partial charge >= 0.3 is 0 Å². The normalized spacial score (nSPS) is 18.1. The van der Waals surface area contributed by atoms with Crippen LogP contribution in [0.1, 0.15) is 26.7 Å². The number of ether oxygens (including phenoxy) is 1. The summed E-state index contributed by atoms with van der Waals surface area (Å²) in [4.78, 5) is 11.0. The van der Waals surface area contributed by atoms with Crippen LogP contribution in [0, 0.1) is 0 Å². The molecule has 31 heavy (non-hydrogen) atoms. The van der Waals surface area contributed by atoms with Crippen LogP contribution in [0.4, 0.5) is 5.82 Å². The van der Waals surface area contributed by atoms with E-state index in [0.717, 1.165) is 40.8 Å². The number of sulfonamides is 1. The molecule has 1 saturated carbocycles. The van der Waals surface area contributed by atoms with Crippen molar-refractivity contribution in [3.8, 4) is 17.1 Å². The van der Waals surface area contributed by atoms with E-state index >= 15 is 0 Å². The van der Waals surface area contributed by atoms with Crippen molar-refractivity contribution in [2.24, 2.45) is 0 Å². The van der Waals surface area contributed by atoms with E-state index in [1.54, 1.807) is 16.7 Å². The fourth-order valence-corrected chi connectivity index (χ4v) is 5.74. The lowest BCUT2D eigenvalue weighted by atomic mass is 10.1. The number of aromatic nitrogens is 4. The van der Waals surface area contributed by atoms with Gasteiger partial charge in [0.05, 0.1) is 23.1 Å². The molecule has 164 valence electrons. The third kappa shape index (κ3) is 3.97. The van der Waals surface area contributed by atoms with Crippen molar-refractivity contribution in [1.82, 2.24) is 24.5 Å². The molecule has 0 aromatic carbocycles. The number of fused-ring (bicyclic) bond motifs is 1. The van der Waals surface area contributed by atoms with Crippen molar-refractivity contribution in [3.63, 3.8) is 0 Å². The lowest BCUT2D eigenvalue weighted by Crippen LogP contribution is -2.49. The number of hydrogen-bond donors (Lipinski definition) is 1. The van der Waals surface area contributed by atoms with E-state index < -0.39 is 10.0 Å². The van der Waals surface area contributed by atoms with Gasteiger partial charge < -0.3 is 9.64 Å². The number of rotatable bonds is 6. The van der Waals surface area contributed by atoms with Gasteiger partial charge in [0.15, 0.2) is 0 Å². The van der Waals surface area contributed by atoms with Crippen LogP contribution in [0.5, 0.6) is 5.88 Å². The van der Waals surface area contributed by atoms with Crippen LogP contribution in [0.3, 0.4) is 0 Å². The Morgan fingerprint density at radius 1 is 1.13 bits per heavy atom. The Morgan fingerprint density at radius 2 is 1.90 bits per heavy atom. The average molecular weight is 443 g/mol. The van der Waals surface area contributed by atoms with E-state index in [9.17, 15) is 8.42 Å². The molecule has 3 aromatic rings. The van der Waals surface area contributed by atoms with Crippen LogP contribution >= 0.6 is 0 Å². The summed E-state index contributed by atoms with van der Waals surface area (Å²) in [6.45, 7) is 6.18. The Morgan fingerprint density at radius 3 is 2.61 bits per heavy atom. The summed E-state index contributed by atoms with van der Waals surface area (Å²) in [6, 6.07) is 5.83. The van der Waals surface area contributed by atoms with Gasteiger partial charge in [-0.15, -0.1) is 0 Å². The fourth-order valence-electron chi connectivity index (χ4n) is 3.91. The molecular weight excluding hydrogens is 416 g/mol. The number of nitrogens with one attached hydrogen (secondary N) is 1. The van der Waals surface area contributed by atoms with Gasteiger partial charge in [0, 0.05) is 49.4 Å². The first-order valence-electron chi connectivity index (χ1n) is 10.6. The van der Waals surface area contributed by atoms with Gasteiger partial charge in [-0.25, -0.2) is 18.4 Å². The maximum atomic E-state index is 12.5. The van der Waals surface area contributed by atoms with Crippen molar-refractivity contribution < 1.29 is 13.2 Å². The summed E-state index contributed by atoms with van der Waals surface area (Å²) in [6.07, 6.45) is 5.12. The van der Waals surface area contributed by atoms with Crippen LogP contribution < -0.4 is 9.64 Å². The Bertz CT molecular complexity index is 1200. The summed E-state index contributed by atoms with van der Waals surface area (Å²) < 4.78 is 32.3. The Kier molecular flexibility index (Phi) is 5.05. The Balaban J connectivity index is 1.37. The first-order chi connectivity index (χ1) is 14.9. The Labute approximate surface area is 181 Å². The third-order valence-electron chi connectivity index (χ3n) is 5.67. The lowest BCUT2D eigenvalue weighted by Gasteiger charge is -2.34. The molecule has 0 spiro atoms. The topological polar surface area (TPSA) is 104 Å². The minimum atomic E-state index is -3.12. The number of nitrogens with zero attached hydrogens (tertiary/aromatic N) is 5. The van der Waals surface area contributed by atoms with Gasteiger partial charge in [-0.1, -0.05) is 0 Å². The highest BCUT2D eigenvalue weighted by Crippen LogP contribution is 2.33. The zero-order chi connectivity index (χ0) is 21.6. The van der Waals surface area contributed by atoms with Gasteiger partial charge in [0.25, 0.3) is 0 Å². The van der Waals surface area contributed by atoms with Crippen molar-refractivity contribution in [1.29, 1.82) is 0 Å². The van der Waals surface area contributed by atoms with Crippen molar-refractivity contribution in [3.05, 3.63) is 30.6 Å². The SMILES string of the molecule is CC(C)Oc1cc2c(-c3ccnc(N4CCN(S(=O)(=O)C5CC5)CC4)c3)n[nH]c2cn1. The van der Waals surface area contributed by atoms with E-state index in [1.165, 1.54) is 0 Å². The summed E-state index contributed by atoms with van der Waals surface area (Å²) in [5, 5.41) is 8.29. The highest BCUT2D eigenvalue weighted by Gasteiger charge is 2.41. The minimum absolute atomic E-state index is 0.0372. The summed E-state index contributed by atoms with van der Waals surface area (Å²) in [5.41, 5.74) is 2.58. The minimum Gasteiger partial charge on any atom is -0.475 e. The van der Waals surface area contributed by atoms with E-state index in [0.29, 0.717) is 32.1 Å². The lowest BCUT2D eigenvalue weighted by molar-refractivity contribution is 0.233. The largest absolute Gasteiger partial charge is 0.475 e. The second kappa shape index (κ2) is 7.76. The molecule has 2 aliphatic rings. The van der Waals surface area contributed by atoms with Crippen LogP contribution in [-0.2, 0) is 10.0 Å². The fraction of sp³-hybridized carbons (Fsp3) is 0.476. The highest BCUT2D eigenvalue weighted by molar-refractivity contribution is 7.90. The predicted molar refractivity (Wildman–Crippen MR) is 119 cm³/mol. The smallest absolute Gasteiger partial charge is 0.217 e. The monoisotopic (exact) mass is 442 g/mol. The molecule has 9 nitrogen and oxygen atoms in total. The van der Waals surface area contributed by atoms with Gasteiger partial charge in [-0.3, -0.25) is 5.10 Å². The molecule has 5 rings (SSSR count). The molecule has 4 heterocycles. The number of pyridine rings is 2. The zero-order valence-corrected chi connectivity index (χ0v) is 18.5. The van der Waals surface area contributed by atoms with E-state index in [2.05, 4.69) is 25.1 Å². The van der Waals surface area contributed by atoms with E-state index in [-0.39, 0.29) is 11.4 Å². The first-order valence-corrected chi connectivity index (χ1v) is 12.1. The molecular formula is C21H26N6O3S. The van der Waals surface area contributed by atoms with Crippen LogP contribution in [0.15, 0.2) is 30.6 Å². The van der Waals surface area contributed by atoms with E-state index in [4.69, 9.17) is 4.74 Å². The maximum absolute atomic E-state index is 12.5. The second-order valence-electron chi connectivity index (χ2n) is 8.34. The third-order valence-corrected chi connectivity index (χ3v) is 8.06. The molecule has 1 N–H and O–H groups in total. The van der Waals surface area contributed by atoms with Gasteiger partial charge in [-0.05, 0) is 38.8 Å². The first kappa shape index (κ1) is 20.2. The molecule has 0 bridgehead atoms. The number of anilines is 1. The number of aromatic amines is 1. The molecule has 1 aliphatic carbocycles. The maximum Gasteiger partial charge on any atom is 0.217 e. The second-order valence-corrected chi connectivity index (χ2v) is 10.6. The number of piperazine rings is 1.